The van der Waals surface area contributed by atoms with Crippen LogP contribution in [0.15, 0.2) is 18.3 Å². The van der Waals surface area contributed by atoms with E-state index in [1.165, 1.54) is 31.5 Å². The Kier molecular flexibility index (Phi) is 3.09. The number of hydrogen-bond donors (Lipinski definition) is 1. The van der Waals surface area contributed by atoms with Gasteiger partial charge in [0, 0.05) is 31.0 Å². The number of nitrogens with two attached hydrogens (primary N) is 1. The Hall–Kier alpha value is -1.25. The molecule has 0 atom stereocenters. The molecule has 2 rings (SSSR count). The number of nitrogen functional groups attached to an aromatic ring is 1. The van der Waals surface area contributed by atoms with Crippen LogP contribution in [0.1, 0.15) is 26.2 Å². The van der Waals surface area contributed by atoms with Gasteiger partial charge in [-0.15, -0.1) is 0 Å². The molecule has 2 N–H and O–H groups in total. The van der Waals surface area contributed by atoms with Crippen molar-refractivity contribution in [2.75, 3.05) is 23.7 Å². The normalized spacial score (nSPS) is 16.1. The molecule has 1 saturated carbocycles. The predicted molar refractivity (Wildman–Crippen MR) is 63.9 cm³/mol. The van der Waals surface area contributed by atoms with Gasteiger partial charge in [-0.2, -0.15) is 0 Å². The van der Waals surface area contributed by atoms with Crippen molar-refractivity contribution in [3.63, 3.8) is 0 Å². The van der Waals surface area contributed by atoms with Gasteiger partial charge in [-0.1, -0.05) is 6.42 Å². The fraction of sp³-hybridized carbons (Fsp3) is 0.583. The molecule has 1 fully saturated rings. The van der Waals surface area contributed by atoms with Crippen LogP contribution in [0.5, 0.6) is 0 Å². The lowest BCUT2D eigenvalue weighted by molar-refractivity contribution is 0.318. The number of aromatic nitrogens is 1. The maximum absolute atomic E-state index is 5.69. The lowest BCUT2D eigenvalue weighted by atomic mass is 9.85. The molecule has 1 aromatic heterocycles. The molecule has 1 aliphatic carbocycles. The third kappa shape index (κ3) is 2.41. The summed E-state index contributed by atoms with van der Waals surface area (Å²) in [4.78, 5) is 6.41. The Bertz CT molecular complexity index is 320. The Morgan fingerprint density at radius 1 is 1.53 bits per heavy atom. The molecule has 3 heteroatoms. The van der Waals surface area contributed by atoms with Gasteiger partial charge >= 0.3 is 0 Å². The highest BCUT2D eigenvalue weighted by atomic mass is 15.1. The molecule has 0 saturated heterocycles. The first kappa shape index (κ1) is 10.3. The highest BCUT2D eigenvalue weighted by Gasteiger charge is 2.20. The van der Waals surface area contributed by atoms with Crippen LogP contribution >= 0.6 is 0 Å². The van der Waals surface area contributed by atoms with Gasteiger partial charge in [-0.25, -0.2) is 4.98 Å². The van der Waals surface area contributed by atoms with Gasteiger partial charge < -0.3 is 10.6 Å². The van der Waals surface area contributed by atoms with Crippen molar-refractivity contribution in [2.45, 2.75) is 26.2 Å². The van der Waals surface area contributed by atoms with Crippen LogP contribution in [-0.2, 0) is 0 Å². The van der Waals surface area contributed by atoms with Crippen LogP contribution in [0.4, 0.5) is 11.5 Å². The second kappa shape index (κ2) is 4.51. The predicted octanol–water partition coefficient (Wildman–Crippen LogP) is 2.29. The van der Waals surface area contributed by atoms with Gasteiger partial charge in [0.2, 0.25) is 0 Å². The minimum atomic E-state index is 0.611. The Morgan fingerprint density at radius 3 is 2.87 bits per heavy atom. The molecule has 0 amide bonds. The van der Waals surface area contributed by atoms with Gasteiger partial charge in [-0.05, 0) is 31.7 Å². The molecule has 0 aromatic carbocycles. The zero-order valence-electron chi connectivity index (χ0n) is 9.32. The minimum Gasteiger partial charge on any atom is -0.384 e. The highest BCUT2D eigenvalue weighted by Crippen LogP contribution is 2.28. The van der Waals surface area contributed by atoms with E-state index in [2.05, 4.69) is 16.8 Å². The van der Waals surface area contributed by atoms with E-state index in [1.54, 1.807) is 6.20 Å². The standard InChI is InChI=1S/C12H19N3/c1-2-15(9-10-4-3-5-10)11-6-7-14-12(13)8-11/h6-8,10H,2-5,9H2,1H3,(H2,13,14). The van der Waals surface area contributed by atoms with Crippen LogP contribution in [0.25, 0.3) is 0 Å². The van der Waals surface area contributed by atoms with Crippen molar-refractivity contribution < 1.29 is 0 Å². The number of anilines is 2. The van der Waals surface area contributed by atoms with Gasteiger partial charge in [0.05, 0.1) is 0 Å². The van der Waals surface area contributed by atoms with Crippen molar-refractivity contribution >= 4 is 11.5 Å². The van der Waals surface area contributed by atoms with E-state index in [0.717, 1.165) is 12.5 Å². The van der Waals surface area contributed by atoms with E-state index in [0.29, 0.717) is 5.82 Å². The third-order valence-corrected chi connectivity index (χ3v) is 3.21. The maximum atomic E-state index is 5.69. The first-order valence-electron chi connectivity index (χ1n) is 5.76. The van der Waals surface area contributed by atoms with Crippen molar-refractivity contribution in [1.29, 1.82) is 0 Å². The second-order valence-corrected chi connectivity index (χ2v) is 4.27. The third-order valence-electron chi connectivity index (χ3n) is 3.21. The Morgan fingerprint density at radius 2 is 2.33 bits per heavy atom. The van der Waals surface area contributed by atoms with E-state index in [1.807, 2.05) is 12.1 Å². The molecule has 1 aliphatic rings. The van der Waals surface area contributed by atoms with Gasteiger partial charge in [-0.3, -0.25) is 0 Å². The molecular formula is C12H19N3. The number of pyridine rings is 1. The highest BCUT2D eigenvalue weighted by molar-refractivity contribution is 5.51. The van der Waals surface area contributed by atoms with Crippen molar-refractivity contribution in [1.82, 2.24) is 4.98 Å². The molecule has 0 spiro atoms. The van der Waals surface area contributed by atoms with Gasteiger partial charge in [0.15, 0.2) is 0 Å². The fourth-order valence-electron chi connectivity index (χ4n) is 2.04. The van der Waals surface area contributed by atoms with Crippen LogP contribution in [0.2, 0.25) is 0 Å². The molecule has 3 nitrogen and oxygen atoms in total. The molecule has 0 unspecified atom stereocenters. The number of rotatable bonds is 4. The quantitative estimate of drug-likeness (QED) is 0.820. The molecule has 0 radical (unpaired) electrons. The smallest absolute Gasteiger partial charge is 0.125 e. The van der Waals surface area contributed by atoms with Crippen molar-refractivity contribution in [2.24, 2.45) is 5.92 Å². The van der Waals surface area contributed by atoms with Crippen LogP contribution in [0.3, 0.4) is 0 Å². The summed E-state index contributed by atoms with van der Waals surface area (Å²) in [5.74, 6) is 1.50. The summed E-state index contributed by atoms with van der Waals surface area (Å²) in [6.07, 6.45) is 5.96. The van der Waals surface area contributed by atoms with E-state index in [4.69, 9.17) is 5.73 Å². The van der Waals surface area contributed by atoms with E-state index >= 15 is 0 Å². The van der Waals surface area contributed by atoms with Crippen LogP contribution < -0.4 is 10.6 Å². The maximum Gasteiger partial charge on any atom is 0.125 e. The summed E-state index contributed by atoms with van der Waals surface area (Å²) >= 11 is 0. The molecule has 1 heterocycles. The molecule has 82 valence electrons. The van der Waals surface area contributed by atoms with Gasteiger partial charge in [0.1, 0.15) is 5.82 Å². The number of hydrogen-bond acceptors (Lipinski definition) is 3. The summed E-state index contributed by atoms with van der Waals surface area (Å²) in [6.45, 7) is 4.40. The molecule has 15 heavy (non-hydrogen) atoms. The van der Waals surface area contributed by atoms with E-state index < -0.39 is 0 Å². The first-order valence-corrected chi connectivity index (χ1v) is 5.76. The zero-order chi connectivity index (χ0) is 10.7. The topological polar surface area (TPSA) is 42.2 Å². The monoisotopic (exact) mass is 205 g/mol. The summed E-state index contributed by atoms with van der Waals surface area (Å²) in [5, 5.41) is 0. The molecule has 0 aliphatic heterocycles. The lowest BCUT2D eigenvalue weighted by Gasteiger charge is -2.33. The number of nitrogens with zero attached hydrogens (tertiary/aromatic N) is 2. The zero-order valence-corrected chi connectivity index (χ0v) is 9.32. The Balaban J connectivity index is 2.04. The lowest BCUT2D eigenvalue weighted by Crippen LogP contribution is -2.32. The summed E-state index contributed by atoms with van der Waals surface area (Å²) in [6, 6.07) is 4.00. The summed E-state index contributed by atoms with van der Waals surface area (Å²) in [7, 11) is 0. The minimum absolute atomic E-state index is 0.611. The van der Waals surface area contributed by atoms with Crippen LogP contribution in [0, 0.1) is 5.92 Å². The molecule has 0 bridgehead atoms. The van der Waals surface area contributed by atoms with E-state index in [-0.39, 0.29) is 0 Å². The first-order chi connectivity index (χ1) is 7.29. The second-order valence-electron chi connectivity index (χ2n) is 4.27. The van der Waals surface area contributed by atoms with Crippen molar-refractivity contribution in [3.8, 4) is 0 Å². The largest absolute Gasteiger partial charge is 0.384 e. The fourth-order valence-corrected chi connectivity index (χ4v) is 2.04. The summed E-state index contributed by atoms with van der Waals surface area (Å²) in [5.41, 5.74) is 6.90. The average molecular weight is 205 g/mol. The average Bonchev–Trinajstić information content (AvgIpc) is 2.16. The van der Waals surface area contributed by atoms with Crippen molar-refractivity contribution in [3.05, 3.63) is 18.3 Å². The van der Waals surface area contributed by atoms with E-state index in [9.17, 15) is 0 Å². The summed E-state index contributed by atoms with van der Waals surface area (Å²) < 4.78 is 0. The van der Waals surface area contributed by atoms with Crippen LogP contribution in [-0.4, -0.2) is 18.1 Å². The molecular weight excluding hydrogens is 186 g/mol. The SMILES string of the molecule is CCN(CC1CCC1)c1ccnc(N)c1. The molecule has 1 aromatic rings. The Labute approximate surface area is 91.3 Å². The van der Waals surface area contributed by atoms with Gasteiger partial charge in [0.25, 0.3) is 0 Å².